The Morgan fingerprint density at radius 2 is 2.20 bits per heavy atom. The minimum absolute atomic E-state index is 0.150. The van der Waals surface area contributed by atoms with E-state index in [2.05, 4.69) is 36.1 Å². The van der Waals surface area contributed by atoms with Crippen molar-refractivity contribution in [2.24, 2.45) is 0 Å². The van der Waals surface area contributed by atoms with Gasteiger partial charge in [-0.2, -0.15) is 0 Å². The van der Waals surface area contributed by atoms with Gasteiger partial charge in [-0.05, 0) is 57.2 Å². The number of nitrogens with zero attached hydrogens (tertiary/aromatic N) is 2. The molecule has 1 aromatic rings. The summed E-state index contributed by atoms with van der Waals surface area (Å²) in [5.41, 5.74) is 2.24. The Hall–Kier alpha value is -1.13. The summed E-state index contributed by atoms with van der Waals surface area (Å²) in [6, 6.07) is 5.75. The van der Waals surface area contributed by atoms with Crippen LogP contribution < -0.4 is 10.2 Å². The Labute approximate surface area is 121 Å². The third-order valence-corrected chi connectivity index (χ3v) is 4.07. The van der Waals surface area contributed by atoms with Crippen molar-refractivity contribution < 1.29 is 4.39 Å². The van der Waals surface area contributed by atoms with E-state index >= 15 is 0 Å². The lowest BCUT2D eigenvalue weighted by Crippen LogP contribution is -2.45. The number of nitrogens with one attached hydrogen (secondary N) is 1. The zero-order chi connectivity index (χ0) is 14.5. The Bertz CT molecular complexity index is 434. The zero-order valence-electron chi connectivity index (χ0n) is 12.8. The highest BCUT2D eigenvalue weighted by Crippen LogP contribution is 2.26. The highest BCUT2D eigenvalue weighted by molar-refractivity contribution is 5.54. The third-order valence-electron chi connectivity index (χ3n) is 4.07. The minimum Gasteiger partial charge on any atom is -0.370 e. The lowest BCUT2D eigenvalue weighted by molar-refractivity contribution is 0.258. The fraction of sp³-hybridized carbons (Fsp3) is 0.625. The van der Waals surface area contributed by atoms with Crippen LogP contribution in [0.25, 0.3) is 0 Å². The number of anilines is 1. The van der Waals surface area contributed by atoms with Gasteiger partial charge in [-0.15, -0.1) is 0 Å². The van der Waals surface area contributed by atoms with Gasteiger partial charge in [0.15, 0.2) is 0 Å². The van der Waals surface area contributed by atoms with Crippen LogP contribution in [0.15, 0.2) is 18.2 Å². The van der Waals surface area contributed by atoms with Crippen LogP contribution in [-0.2, 0) is 6.54 Å². The van der Waals surface area contributed by atoms with Gasteiger partial charge in [0.2, 0.25) is 0 Å². The van der Waals surface area contributed by atoms with Crippen molar-refractivity contribution in [3.8, 4) is 0 Å². The van der Waals surface area contributed by atoms with Gasteiger partial charge in [-0.25, -0.2) is 4.39 Å². The lowest BCUT2D eigenvalue weighted by Gasteiger charge is -2.38. The molecule has 0 spiro atoms. The average Bonchev–Trinajstić information content (AvgIpc) is 2.45. The molecule has 1 N–H and O–H groups in total. The van der Waals surface area contributed by atoms with Gasteiger partial charge in [-0.3, -0.25) is 0 Å². The van der Waals surface area contributed by atoms with Crippen LogP contribution in [0, 0.1) is 5.82 Å². The molecular formula is C16H26FN3. The summed E-state index contributed by atoms with van der Waals surface area (Å²) in [6.45, 7) is 5.79. The second-order valence-corrected chi connectivity index (χ2v) is 5.76. The summed E-state index contributed by atoms with van der Waals surface area (Å²) in [4.78, 5) is 4.69. The predicted octanol–water partition coefficient (Wildman–Crippen LogP) is 2.47. The van der Waals surface area contributed by atoms with Crippen molar-refractivity contribution in [1.82, 2.24) is 10.2 Å². The Morgan fingerprint density at radius 1 is 1.40 bits per heavy atom. The van der Waals surface area contributed by atoms with E-state index in [4.69, 9.17) is 0 Å². The number of halogens is 1. The van der Waals surface area contributed by atoms with Gasteiger partial charge in [0.25, 0.3) is 0 Å². The molecule has 3 nitrogen and oxygen atoms in total. The van der Waals surface area contributed by atoms with E-state index in [0.29, 0.717) is 6.04 Å². The van der Waals surface area contributed by atoms with Crippen LogP contribution in [0.5, 0.6) is 0 Å². The standard InChI is InChI=1S/C16H26FN3/c1-4-18-11-13-10-14(17)7-8-16(13)20-9-5-6-15(12-20)19(2)3/h7-8,10,15,18H,4-6,9,11-12H2,1-3H3. The first kappa shape index (κ1) is 15.3. The smallest absolute Gasteiger partial charge is 0.123 e. The van der Waals surface area contributed by atoms with Crippen LogP contribution >= 0.6 is 0 Å². The van der Waals surface area contributed by atoms with Gasteiger partial charge in [0, 0.05) is 31.4 Å². The molecule has 1 fully saturated rings. The summed E-state index contributed by atoms with van der Waals surface area (Å²) in [7, 11) is 4.27. The molecule has 1 saturated heterocycles. The van der Waals surface area contributed by atoms with E-state index in [1.54, 1.807) is 12.1 Å². The molecule has 2 rings (SSSR count). The van der Waals surface area contributed by atoms with E-state index in [0.717, 1.165) is 31.7 Å². The molecule has 0 aliphatic carbocycles. The molecule has 4 heteroatoms. The topological polar surface area (TPSA) is 18.5 Å². The summed E-state index contributed by atoms with van der Waals surface area (Å²) >= 11 is 0. The number of piperidine rings is 1. The normalized spacial score (nSPS) is 19.6. The molecule has 0 saturated carbocycles. The van der Waals surface area contributed by atoms with Gasteiger partial charge in [0.05, 0.1) is 0 Å². The Balaban J connectivity index is 2.17. The molecule has 1 aliphatic rings. The second-order valence-electron chi connectivity index (χ2n) is 5.76. The first-order valence-electron chi connectivity index (χ1n) is 7.52. The molecule has 0 radical (unpaired) electrons. The van der Waals surface area contributed by atoms with Crippen molar-refractivity contribution >= 4 is 5.69 Å². The van der Waals surface area contributed by atoms with Gasteiger partial charge in [0.1, 0.15) is 5.82 Å². The van der Waals surface area contributed by atoms with E-state index < -0.39 is 0 Å². The molecule has 1 atom stereocenters. The SMILES string of the molecule is CCNCc1cc(F)ccc1N1CCCC(N(C)C)C1. The van der Waals surface area contributed by atoms with Gasteiger partial charge >= 0.3 is 0 Å². The molecule has 0 aromatic heterocycles. The number of likely N-dealkylation sites (N-methyl/N-ethyl adjacent to an activating group) is 1. The number of hydrogen-bond donors (Lipinski definition) is 1. The Morgan fingerprint density at radius 3 is 2.90 bits per heavy atom. The molecule has 1 heterocycles. The fourth-order valence-corrected chi connectivity index (χ4v) is 2.86. The molecule has 1 aliphatic heterocycles. The first-order chi connectivity index (χ1) is 9.61. The van der Waals surface area contributed by atoms with E-state index in [-0.39, 0.29) is 5.82 Å². The van der Waals surface area contributed by atoms with Crippen LogP contribution in [0.3, 0.4) is 0 Å². The fourth-order valence-electron chi connectivity index (χ4n) is 2.86. The highest BCUT2D eigenvalue weighted by Gasteiger charge is 2.23. The molecule has 1 aromatic carbocycles. The summed E-state index contributed by atoms with van der Waals surface area (Å²) < 4.78 is 13.5. The Kier molecular flexibility index (Phi) is 5.38. The van der Waals surface area contributed by atoms with E-state index in [1.807, 2.05) is 6.07 Å². The molecule has 1 unspecified atom stereocenters. The van der Waals surface area contributed by atoms with Crippen molar-refractivity contribution in [3.05, 3.63) is 29.6 Å². The monoisotopic (exact) mass is 279 g/mol. The average molecular weight is 279 g/mol. The predicted molar refractivity (Wildman–Crippen MR) is 82.7 cm³/mol. The number of benzene rings is 1. The van der Waals surface area contributed by atoms with E-state index in [9.17, 15) is 4.39 Å². The van der Waals surface area contributed by atoms with Crippen LogP contribution in [0.2, 0.25) is 0 Å². The number of rotatable bonds is 5. The van der Waals surface area contributed by atoms with Crippen molar-refractivity contribution in [2.75, 3.05) is 38.6 Å². The molecule has 20 heavy (non-hydrogen) atoms. The highest BCUT2D eigenvalue weighted by atomic mass is 19.1. The maximum Gasteiger partial charge on any atom is 0.123 e. The molecule has 0 bridgehead atoms. The van der Waals surface area contributed by atoms with Crippen LogP contribution in [0.1, 0.15) is 25.3 Å². The van der Waals surface area contributed by atoms with Gasteiger partial charge < -0.3 is 15.1 Å². The first-order valence-corrected chi connectivity index (χ1v) is 7.52. The van der Waals surface area contributed by atoms with Crippen LogP contribution in [0.4, 0.5) is 10.1 Å². The van der Waals surface area contributed by atoms with E-state index in [1.165, 1.54) is 18.5 Å². The largest absolute Gasteiger partial charge is 0.370 e. The zero-order valence-corrected chi connectivity index (χ0v) is 12.8. The maximum absolute atomic E-state index is 13.5. The lowest BCUT2D eigenvalue weighted by atomic mass is 10.0. The molecular weight excluding hydrogens is 253 g/mol. The van der Waals surface area contributed by atoms with Crippen molar-refractivity contribution in [3.63, 3.8) is 0 Å². The quantitative estimate of drug-likeness (QED) is 0.893. The van der Waals surface area contributed by atoms with Crippen molar-refractivity contribution in [2.45, 2.75) is 32.4 Å². The number of hydrogen-bond acceptors (Lipinski definition) is 3. The third kappa shape index (κ3) is 3.70. The molecule has 112 valence electrons. The minimum atomic E-state index is -0.150. The van der Waals surface area contributed by atoms with Crippen LogP contribution in [-0.4, -0.2) is 44.7 Å². The molecule has 0 amide bonds. The summed E-state index contributed by atoms with van der Waals surface area (Å²) in [5, 5.41) is 3.30. The van der Waals surface area contributed by atoms with Gasteiger partial charge in [-0.1, -0.05) is 6.92 Å². The summed E-state index contributed by atoms with van der Waals surface area (Å²) in [6.07, 6.45) is 2.44. The van der Waals surface area contributed by atoms with Crippen molar-refractivity contribution in [1.29, 1.82) is 0 Å². The second kappa shape index (κ2) is 7.04. The maximum atomic E-state index is 13.5. The summed E-state index contributed by atoms with van der Waals surface area (Å²) in [5.74, 6) is -0.150.